The van der Waals surface area contributed by atoms with Crippen LogP contribution in [0.2, 0.25) is 0 Å². The first-order chi connectivity index (χ1) is 7.59. The molecule has 0 aromatic heterocycles. The van der Waals surface area contributed by atoms with Crippen molar-refractivity contribution in [1.82, 2.24) is 0 Å². The van der Waals surface area contributed by atoms with Gasteiger partial charge < -0.3 is 25.2 Å². The topological polar surface area (TPSA) is 160 Å². The summed E-state index contributed by atoms with van der Waals surface area (Å²) in [6, 6.07) is 3.13. The fraction of sp³-hybridized carbons (Fsp3) is 0. The van der Waals surface area contributed by atoms with Crippen molar-refractivity contribution in [2.24, 2.45) is 0 Å². The summed E-state index contributed by atoms with van der Waals surface area (Å²) in [6.45, 7) is 0. The minimum absolute atomic E-state index is 0.140. The van der Waals surface area contributed by atoms with Gasteiger partial charge in [0.2, 0.25) is 0 Å². The van der Waals surface area contributed by atoms with Crippen LogP contribution in [0.1, 0.15) is 0 Å². The summed E-state index contributed by atoms with van der Waals surface area (Å²) < 4.78 is 29.3. The number of benzene rings is 1. The van der Waals surface area contributed by atoms with Gasteiger partial charge in [-0.05, 0) is 12.1 Å². The van der Waals surface area contributed by atoms with Gasteiger partial charge in [0.25, 0.3) is 0 Å². The highest BCUT2D eigenvalue weighted by molar-refractivity contribution is 7.60. The molecule has 0 saturated heterocycles. The maximum Gasteiger partial charge on any atom is 0.536 e. The zero-order valence-electron chi connectivity index (χ0n) is 8.13. The standard InChI is InChI=1S/C6H9NO8P2/c7-5-3-4(1-2-6(5)8)14-17(12,13)15-16(9,10)11/h1-3,8H,7H2,(H,12,13)(H2,9,10,11). The Kier molecular flexibility index (Phi) is 3.83. The molecular weight excluding hydrogens is 276 g/mol. The number of hydrogen-bond donors (Lipinski definition) is 5. The largest absolute Gasteiger partial charge is 0.536 e. The van der Waals surface area contributed by atoms with Gasteiger partial charge in [0.1, 0.15) is 11.5 Å². The molecule has 0 fully saturated rings. The second-order valence-electron chi connectivity index (χ2n) is 2.85. The number of aromatic hydroxyl groups is 1. The van der Waals surface area contributed by atoms with Gasteiger partial charge in [0.05, 0.1) is 5.69 Å². The normalized spacial score (nSPS) is 15.2. The molecule has 1 atom stereocenters. The number of phenols is 1. The third-order valence-corrected chi connectivity index (χ3v) is 3.55. The number of hydrogen-bond acceptors (Lipinski definition) is 6. The summed E-state index contributed by atoms with van der Waals surface area (Å²) in [6.07, 6.45) is 0. The van der Waals surface area contributed by atoms with Crippen molar-refractivity contribution in [1.29, 1.82) is 0 Å². The molecule has 0 aliphatic rings. The van der Waals surface area contributed by atoms with Crippen LogP contribution in [-0.2, 0) is 13.4 Å². The Morgan fingerprint density at radius 1 is 1.18 bits per heavy atom. The SMILES string of the molecule is Nc1cc(OP(=O)(O)OP(=O)(O)O)ccc1O. The minimum atomic E-state index is -5.16. The van der Waals surface area contributed by atoms with E-state index in [4.69, 9.17) is 25.5 Å². The molecule has 0 amide bonds. The van der Waals surface area contributed by atoms with Gasteiger partial charge in [-0.3, -0.25) is 4.89 Å². The highest BCUT2D eigenvalue weighted by Crippen LogP contribution is 2.57. The van der Waals surface area contributed by atoms with E-state index < -0.39 is 15.6 Å². The molecular formula is C6H9NO8P2. The fourth-order valence-electron chi connectivity index (χ4n) is 0.874. The number of phosphoric ester groups is 1. The second-order valence-corrected chi connectivity index (χ2v) is 5.61. The van der Waals surface area contributed by atoms with E-state index in [1.165, 1.54) is 0 Å². The molecule has 0 bridgehead atoms. The van der Waals surface area contributed by atoms with Gasteiger partial charge in [-0.15, -0.1) is 0 Å². The molecule has 0 saturated carbocycles. The summed E-state index contributed by atoms with van der Waals surface area (Å²) >= 11 is 0. The average molecular weight is 285 g/mol. The summed E-state index contributed by atoms with van der Waals surface area (Å²) in [7, 11) is -10.1. The van der Waals surface area contributed by atoms with Crippen molar-refractivity contribution in [3.05, 3.63) is 18.2 Å². The van der Waals surface area contributed by atoms with Crippen molar-refractivity contribution in [3.63, 3.8) is 0 Å². The van der Waals surface area contributed by atoms with Crippen LogP contribution in [0, 0.1) is 0 Å². The first-order valence-electron chi connectivity index (χ1n) is 3.97. The summed E-state index contributed by atoms with van der Waals surface area (Å²) in [5.74, 6) is -0.569. The van der Waals surface area contributed by atoms with Gasteiger partial charge >= 0.3 is 15.6 Å². The van der Waals surface area contributed by atoms with Crippen LogP contribution in [0.25, 0.3) is 0 Å². The van der Waals surface area contributed by atoms with Crippen molar-refractivity contribution in [2.45, 2.75) is 0 Å². The van der Waals surface area contributed by atoms with Crippen LogP contribution in [0.5, 0.6) is 11.5 Å². The van der Waals surface area contributed by atoms with Gasteiger partial charge in [-0.1, -0.05) is 0 Å². The maximum atomic E-state index is 11.1. The third-order valence-electron chi connectivity index (χ3n) is 1.43. The molecule has 9 nitrogen and oxygen atoms in total. The van der Waals surface area contributed by atoms with Crippen LogP contribution in [0.4, 0.5) is 5.69 Å². The second kappa shape index (κ2) is 4.66. The number of rotatable bonds is 4. The lowest BCUT2D eigenvalue weighted by Gasteiger charge is -2.13. The van der Waals surface area contributed by atoms with E-state index in [-0.39, 0.29) is 17.2 Å². The van der Waals surface area contributed by atoms with Crippen LogP contribution in [0.3, 0.4) is 0 Å². The molecule has 17 heavy (non-hydrogen) atoms. The zero-order valence-corrected chi connectivity index (χ0v) is 9.91. The third kappa shape index (κ3) is 4.74. The van der Waals surface area contributed by atoms with E-state index >= 15 is 0 Å². The predicted octanol–water partition coefficient (Wildman–Crippen LogP) is 0.563. The molecule has 96 valence electrons. The summed E-state index contributed by atoms with van der Waals surface area (Å²) in [4.78, 5) is 25.7. The van der Waals surface area contributed by atoms with Crippen LogP contribution < -0.4 is 10.3 Å². The molecule has 1 unspecified atom stereocenters. The average Bonchev–Trinajstić information content (AvgIpc) is 2.06. The molecule has 0 aliphatic heterocycles. The van der Waals surface area contributed by atoms with Crippen molar-refractivity contribution in [3.8, 4) is 11.5 Å². The van der Waals surface area contributed by atoms with E-state index in [0.717, 1.165) is 18.2 Å². The lowest BCUT2D eigenvalue weighted by Crippen LogP contribution is -1.96. The van der Waals surface area contributed by atoms with E-state index in [1.807, 2.05) is 0 Å². The van der Waals surface area contributed by atoms with E-state index in [2.05, 4.69) is 8.83 Å². The van der Waals surface area contributed by atoms with E-state index in [9.17, 15) is 9.13 Å². The van der Waals surface area contributed by atoms with E-state index in [0.29, 0.717) is 0 Å². The molecule has 0 radical (unpaired) electrons. The lowest BCUT2D eigenvalue weighted by atomic mass is 10.3. The first kappa shape index (κ1) is 14.0. The Labute approximate surface area is 95.3 Å². The molecule has 0 spiro atoms. The van der Waals surface area contributed by atoms with Gasteiger partial charge in [-0.2, -0.15) is 4.31 Å². The molecule has 0 heterocycles. The van der Waals surface area contributed by atoms with Crippen LogP contribution in [-0.4, -0.2) is 19.8 Å². The number of phenolic OH excluding ortho intramolecular Hbond substituents is 1. The lowest BCUT2D eigenvalue weighted by molar-refractivity contribution is 0.229. The van der Waals surface area contributed by atoms with Crippen molar-refractivity contribution >= 4 is 21.3 Å². The van der Waals surface area contributed by atoms with Crippen LogP contribution >= 0.6 is 15.6 Å². The summed E-state index contributed by atoms with van der Waals surface area (Å²) in [5, 5.41) is 9.06. The van der Waals surface area contributed by atoms with Crippen molar-refractivity contribution in [2.75, 3.05) is 5.73 Å². The van der Waals surface area contributed by atoms with Crippen molar-refractivity contribution < 1.29 is 37.8 Å². The Morgan fingerprint density at radius 2 is 1.76 bits per heavy atom. The Bertz CT molecular complexity index is 511. The first-order valence-corrected chi connectivity index (χ1v) is 6.99. The monoisotopic (exact) mass is 285 g/mol. The number of phosphoric acid groups is 2. The summed E-state index contributed by atoms with van der Waals surface area (Å²) in [5.41, 5.74) is 5.13. The Morgan fingerprint density at radius 3 is 2.24 bits per heavy atom. The molecule has 1 rings (SSSR count). The molecule has 6 N–H and O–H groups in total. The molecule has 0 aliphatic carbocycles. The molecule has 1 aromatic carbocycles. The number of nitrogen functional groups attached to an aromatic ring is 1. The van der Waals surface area contributed by atoms with E-state index in [1.54, 1.807) is 0 Å². The molecule has 1 aromatic rings. The van der Waals surface area contributed by atoms with Gasteiger partial charge in [0.15, 0.2) is 0 Å². The van der Waals surface area contributed by atoms with Crippen LogP contribution in [0.15, 0.2) is 18.2 Å². The number of nitrogens with two attached hydrogens (primary N) is 1. The highest BCUT2D eigenvalue weighted by Gasteiger charge is 2.33. The maximum absolute atomic E-state index is 11.1. The Balaban J connectivity index is 2.87. The minimum Gasteiger partial charge on any atom is -0.506 e. The Hall–Kier alpha value is -1.08. The predicted molar refractivity (Wildman–Crippen MR) is 56.1 cm³/mol. The van der Waals surface area contributed by atoms with Gasteiger partial charge in [-0.25, -0.2) is 9.13 Å². The quantitative estimate of drug-likeness (QED) is 0.302. The zero-order chi connectivity index (χ0) is 13.3. The smallest absolute Gasteiger partial charge is 0.506 e. The highest BCUT2D eigenvalue weighted by atomic mass is 31.3. The fourth-order valence-corrected chi connectivity index (χ4v) is 2.46. The molecule has 11 heteroatoms. The number of anilines is 1. The van der Waals surface area contributed by atoms with Gasteiger partial charge in [0, 0.05) is 6.07 Å².